The lowest BCUT2D eigenvalue weighted by Gasteiger charge is -1.89. The number of carbonyl (C=O) groups excluding carboxylic acids is 1. The van der Waals surface area contributed by atoms with E-state index in [4.69, 9.17) is 0 Å². The molecule has 0 aliphatic rings. The number of unbranched alkanes of at least 4 members (excludes halogenated alkanes) is 3. The van der Waals surface area contributed by atoms with Crippen LogP contribution in [0.4, 0.5) is 0 Å². The van der Waals surface area contributed by atoms with Crippen LogP contribution < -0.4 is 0 Å². The summed E-state index contributed by atoms with van der Waals surface area (Å²) in [6.07, 6.45) is 11.2. The van der Waals surface area contributed by atoms with Crippen molar-refractivity contribution in [3.05, 3.63) is 24.8 Å². The molecule has 0 saturated carbocycles. The maximum Gasteiger partial charge on any atom is 0.225 e. The monoisotopic (exact) mass is 137 g/mol. The summed E-state index contributed by atoms with van der Waals surface area (Å²) in [6, 6.07) is 0. The van der Waals surface area contributed by atoms with Crippen LogP contribution in [0.15, 0.2) is 24.8 Å². The molecule has 0 aromatic carbocycles. The van der Waals surface area contributed by atoms with Crippen LogP contribution in [0.1, 0.15) is 25.7 Å². The van der Waals surface area contributed by atoms with Gasteiger partial charge < -0.3 is 0 Å². The van der Waals surface area contributed by atoms with E-state index in [2.05, 4.69) is 6.58 Å². The molecule has 0 fully saturated rings. The maximum absolute atomic E-state index is 9.67. The van der Waals surface area contributed by atoms with Gasteiger partial charge in [-0.05, 0) is 31.8 Å². The maximum atomic E-state index is 9.67. The molecule has 0 unspecified atom stereocenters. The smallest absolute Gasteiger partial charge is 0.225 e. The zero-order chi connectivity index (χ0) is 7.66. The summed E-state index contributed by atoms with van der Waals surface area (Å²) in [7, 11) is 0. The average Bonchev–Trinajstić information content (AvgIpc) is 1.97. The van der Waals surface area contributed by atoms with E-state index >= 15 is 0 Å². The first-order chi connectivity index (χ1) is 4.91. The van der Waals surface area contributed by atoms with Crippen molar-refractivity contribution in [3.63, 3.8) is 0 Å². The van der Waals surface area contributed by atoms with Crippen molar-refractivity contribution >= 4 is 6.29 Å². The molecule has 0 aliphatic heterocycles. The van der Waals surface area contributed by atoms with Gasteiger partial charge in [-0.3, -0.25) is 4.79 Å². The molecule has 10 heavy (non-hydrogen) atoms. The van der Waals surface area contributed by atoms with E-state index in [1.165, 1.54) is 6.08 Å². The predicted molar refractivity (Wildman–Crippen MR) is 43.5 cm³/mol. The van der Waals surface area contributed by atoms with Gasteiger partial charge in [0.05, 0.1) is 0 Å². The second-order valence-electron chi connectivity index (χ2n) is 2.09. The second kappa shape index (κ2) is 8.15. The Kier molecular flexibility index (Phi) is 7.46. The summed E-state index contributed by atoms with van der Waals surface area (Å²) < 4.78 is 0. The Morgan fingerprint density at radius 3 is 2.60 bits per heavy atom. The fraction of sp³-hybridized carbons (Fsp3) is 0.444. The van der Waals surface area contributed by atoms with Gasteiger partial charge in [-0.1, -0.05) is 12.2 Å². The highest BCUT2D eigenvalue weighted by Gasteiger charge is 1.81. The molecular formula is C9H13O. The summed E-state index contributed by atoms with van der Waals surface area (Å²) in [4.78, 5) is 9.67. The van der Waals surface area contributed by atoms with Gasteiger partial charge in [0.2, 0.25) is 6.29 Å². The van der Waals surface area contributed by atoms with Crippen LogP contribution in [0, 0.1) is 0 Å². The highest BCUT2D eigenvalue weighted by atomic mass is 16.1. The van der Waals surface area contributed by atoms with E-state index in [0.29, 0.717) is 0 Å². The van der Waals surface area contributed by atoms with E-state index in [0.717, 1.165) is 25.7 Å². The second-order valence-corrected chi connectivity index (χ2v) is 2.09. The molecule has 0 spiro atoms. The number of hydrogen-bond donors (Lipinski definition) is 0. The number of allylic oxidation sites excluding steroid dienone is 3. The van der Waals surface area contributed by atoms with Crippen LogP contribution in [0.25, 0.3) is 0 Å². The molecule has 0 amide bonds. The van der Waals surface area contributed by atoms with Gasteiger partial charge in [0.15, 0.2) is 0 Å². The van der Waals surface area contributed by atoms with Gasteiger partial charge in [-0.15, -0.1) is 6.58 Å². The van der Waals surface area contributed by atoms with Crippen molar-refractivity contribution in [3.8, 4) is 0 Å². The average molecular weight is 137 g/mol. The Bertz CT molecular complexity index is 114. The first-order valence-electron chi connectivity index (χ1n) is 3.55. The quantitative estimate of drug-likeness (QED) is 0.312. The van der Waals surface area contributed by atoms with E-state index in [1.807, 2.05) is 12.2 Å². The lowest BCUT2D eigenvalue weighted by molar-refractivity contribution is 0.564. The van der Waals surface area contributed by atoms with E-state index in [9.17, 15) is 4.79 Å². The van der Waals surface area contributed by atoms with Crippen LogP contribution in [0.2, 0.25) is 0 Å². The van der Waals surface area contributed by atoms with Gasteiger partial charge in [0.25, 0.3) is 0 Å². The fourth-order valence-electron chi connectivity index (χ4n) is 0.682. The zero-order valence-corrected chi connectivity index (χ0v) is 6.18. The predicted octanol–water partition coefficient (Wildman–Crippen LogP) is 2.40. The fourth-order valence-corrected chi connectivity index (χ4v) is 0.682. The van der Waals surface area contributed by atoms with Crippen LogP contribution in [0.3, 0.4) is 0 Å². The van der Waals surface area contributed by atoms with Crippen molar-refractivity contribution in [2.45, 2.75) is 25.7 Å². The third-order valence-corrected chi connectivity index (χ3v) is 1.21. The standard InChI is InChI=1S/C9H13O/c1-2-3-4-5-6-7-8-9-10/h2,7-8H,1,3-6H2/b8-7+. The molecule has 0 aliphatic carbocycles. The lowest BCUT2D eigenvalue weighted by atomic mass is 10.2. The molecule has 1 heteroatoms. The molecule has 0 N–H and O–H groups in total. The Morgan fingerprint density at radius 2 is 2.00 bits per heavy atom. The topological polar surface area (TPSA) is 17.1 Å². The summed E-state index contributed by atoms with van der Waals surface area (Å²) >= 11 is 0. The molecule has 1 nitrogen and oxygen atoms in total. The third-order valence-electron chi connectivity index (χ3n) is 1.21. The summed E-state index contributed by atoms with van der Waals surface area (Å²) in [5, 5.41) is 0. The molecule has 0 atom stereocenters. The summed E-state index contributed by atoms with van der Waals surface area (Å²) in [5.41, 5.74) is 0. The van der Waals surface area contributed by atoms with E-state index in [-0.39, 0.29) is 0 Å². The first kappa shape index (κ1) is 9.15. The Hall–Kier alpha value is -0.850. The van der Waals surface area contributed by atoms with Gasteiger partial charge in [0.1, 0.15) is 0 Å². The normalized spacial score (nSPS) is 10.0. The molecule has 0 bridgehead atoms. The van der Waals surface area contributed by atoms with Crippen LogP contribution >= 0.6 is 0 Å². The first-order valence-corrected chi connectivity index (χ1v) is 3.55. The zero-order valence-electron chi connectivity index (χ0n) is 6.18. The molecule has 0 aromatic rings. The molecule has 55 valence electrons. The largest absolute Gasteiger partial charge is 0.286 e. The van der Waals surface area contributed by atoms with Gasteiger partial charge in [-0.25, -0.2) is 0 Å². The summed E-state index contributed by atoms with van der Waals surface area (Å²) in [6.45, 7) is 3.61. The number of rotatable bonds is 6. The lowest BCUT2D eigenvalue weighted by Crippen LogP contribution is -1.71. The highest BCUT2D eigenvalue weighted by Crippen LogP contribution is 1.99. The molecule has 0 aromatic heterocycles. The van der Waals surface area contributed by atoms with Crippen LogP contribution in [-0.2, 0) is 4.79 Å². The van der Waals surface area contributed by atoms with Crippen LogP contribution in [0.5, 0.6) is 0 Å². The summed E-state index contributed by atoms with van der Waals surface area (Å²) in [5.74, 6) is 0. The van der Waals surface area contributed by atoms with Gasteiger partial charge in [-0.2, -0.15) is 0 Å². The minimum atomic E-state index is 0.975. The van der Waals surface area contributed by atoms with Crippen molar-refractivity contribution in [2.24, 2.45) is 0 Å². The SMILES string of the molecule is C=CCCCC/C=C/[C]=O. The highest BCUT2D eigenvalue weighted by molar-refractivity contribution is 5.65. The van der Waals surface area contributed by atoms with Crippen molar-refractivity contribution in [2.75, 3.05) is 0 Å². The van der Waals surface area contributed by atoms with Gasteiger partial charge >= 0.3 is 0 Å². The minimum absolute atomic E-state index is 0.975. The van der Waals surface area contributed by atoms with Crippen molar-refractivity contribution in [1.82, 2.24) is 0 Å². The van der Waals surface area contributed by atoms with Crippen molar-refractivity contribution < 1.29 is 4.79 Å². The van der Waals surface area contributed by atoms with E-state index < -0.39 is 0 Å². The van der Waals surface area contributed by atoms with Crippen LogP contribution in [-0.4, -0.2) is 6.29 Å². The minimum Gasteiger partial charge on any atom is -0.286 e. The molecule has 0 rings (SSSR count). The van der Waals surface area contributed by atoms with Crippen molar-refractivity contribution in [1.29, 1.82) is 0 Å². The molecule has 0 heterocycles. The molecular weight excluding hydrogens is 124 g/mol. The van der Waals surface area contributed by atoms with E-state index in [1.54, 1.807) is 6.29 Å². The Morgan fingerprint density at radius 1 is 1.30 bits per heavy atom. The Balaban J connectivity index is 2.96. The number of hydrogen-bond acceptors (Lipinski definition) is 1. The molecule has 1 radical (unpaired) electrons. The third kappa shape index (κ3) is 7.15. The molecule has 0 saturated heterocycles. The Labute approximate surface area is 62.4 Å². The van der Waals surface area contributed by atoms with Gasteiger partial charge in [0, 0.05) is 0 Å².